The van der Waals surface area contributed by atoms with Gasteiger partial charge in [-0.3, -0.25) is 4.79 Å². The van der Waals surface area contributed by atoms with Crippen LogP contribution < -0.4 is 5.32 Å². The van der Waals surface area contributed by atoms with E-state index in [0.717, 1.165) is 5.56 Å². The first-order chi connectivity index (χ1) is 9.06. The Bertz CT molecular complexity index is 600. The zero-order chi connectivity index (χ0) is 13.8. The lowest BCUT2D eigenvalue weighted by molar-refractivity contribution is 0.0950. The first-order valence-corrected chi connectivity index (χ1v) is 6.19. The van der Waals surface area contributed by atoms with E-state index in [1.165, 1.54) is 12.3 Å². The van der Waals surface area contributed by atoms with Gasteiger partial charge in [0.05, 0.1) is 10.6 Å². The van der Waals surface area contributed by atoms with Gasteiger partial charge in [0.1, 0.15) is 10.9 Å². The van der Waals surface area contributed by atoms with Crippen LogP contribution in [0.2, 0.25) is 10.2 Å². The summed E-state index contributed by atoms with van der Waals surface area (Å²) >= 11 is 11.5. The molecule has 0 unspecified atom stereocenters. The van der Waals surface area contributed by atoms with Crippen molar-refractivity contribution in [3.63, 3.8) is 0 Å². The first kappa shape index (κ1) is 13.6. The van der Waals surface area contributed by atoms with Gasteiger partial charge in [-0.2, -0.15) is 0 Å². The number of carbonyl (C=O) groups is 1. The number of aromatic nitrogens is 1. The molecule has 19 heavy (non-hydrogen) atoms. The van der Waals surface area contributed by atoms with E-state index in [2.05, 4.69) is 10.3 Å². The van der Waals surface area contributed by atoms with Gasteiger partial charge in [-0.1, -0.05) is 35.3 Å². The number of nitrogens with one attached hydrogen (secondary N) is 1. The van der Waals surface area contributed by atoms with Gasteiger partial charge < -0.3 is 10.4 Å². The summed E-state index contributed by atoms with van der Waals surface area (Å²) in [6, 6.07) is 8.03. The van der Waals surface area contributed by atoms with Gasteiger partial charge in [-0.25, -0.2) is 4.98 Å². The molecule has 0 atom stereocenters. The Labute approximate surface area is 120 Å². The van der Waals surface area contributed by atoms with E-state index < -0.39 is 0 Å². The minimum atomic E-state index is -0.292. The monoisotopic (exact) mass is 296 g/mol. The van der Waals surface area contributed by atoms with E-state index >= 15 is 0 Å². The second kappa shape index (κ2) is 5.91. The summed E-state index contributed by atoms with van der Waals surface area (Å²) < 4.78 is 0. The van der Waals surface area contributed by atoms with Crippen molar-refractivity contribution in [3.8, 4) is 5.75 Å². The zero-order valence-corrected chi connectivity index (χ0v) is 11.2. The Balaban J connectivity index is 2.01. The van der Waals surface area contributed by atoms with Crippen LogP contribution in [0, 0.1) is 0 Å². The summed E-state index contributed by atoms with van der Waals surface area (Å²) in [5, 5.41) is 12.3. The average molecular weight is 297 g/mol. The van der Waals surface area contributed by atoms with Crippen LogP contribution in [0.25, 0.3) is 0 Å². The smallest absolute Gasteiger partial charge is 0.253 e. The second-order valence-corrected chi connectivity index (χ2v) is 4.61. The van der Waals surface area contributed by atoms with E-state index in [1.54, 1.807) is 24.3 Å². The number of nitrogens with zero attached hydrogens (tertiary/aromatic N) is 1. The molecule has 2 aromatic rings. The third-order valence-electron chi connectivity index (χ3n) is 2.45. The molecule has 98 valence electrons. The van der Waals surface area contributed by atoms with E-state index in [4.69, 9.17) is 28.3 Å². The number of amides is 1. The van der Waals surface area contributed by atoms with Gasteiger partial charge in [0.25, 0.3) is 5.91 Å². The lowest BCUT2D eigenvalue weighted by Gasteiger charge is -2.06. The lowest BCUT2D eigenvalue weighted by atomic mass is 10.2. The fourth-order valence-electron chi connectivity index (χ4n) is 1.44. The van der Waals surface area contributed by atoms with Crippen molar-refractivity contribution in [1.82, 2.24) is 10.3 Å². The molecule has 1 amide bonds. The molecular formula is C13H10Cl2N2O2. The molecule has 0 saturated heterocycles. The molecule has 1 aromatic carbocycles. The Morgan fingerprint density at radius 1 is 1.26 bits per heavy atom. The lowest BCUT2D eigenvalue weighted by Crippen LogP contribution is -2.22. The number of hydrogen-bond donors (Lipinski definition) is 2. The van der Waals surface area contributed by atoms with Crippen LogP contribution in [0.3, 0.4) is 0 Å². The number of rotatable bonds is 3. The van der Waals surface area contributed by atoms with Crippen LogP contribution in [0.5, 0.6) is 5.75 Å². The van der Waals surface area contributed by atoms with Gasteiger partial charge >= 0.3 is 0 Å². The largest absolute Gasteiger partial charge is 0.508 e. The third-order valence-corrected chi connectivity index (χ3v) is 3.13. The van der Waals surface area contributed by atoms with E-state index in [-0.39, 0.29) is 21.8 Å². The van der Waals surface area contributed by atoms with Crippen molar-refractivity contribution in [2.24, 2.45) is 0 Å². The molecule has 1 heterocycles. The average Bonchev–Trinajstić information content (AvgIpc) is 2.41. The van der Waals surface area contributed by atoms with E-state index in [0.29, 0.717) is 12.1 Å². The van der Waals surface area contributed by atoms with Crippen LogP contribution in [0.1, 0.15) is 15.9 Å². The van der Waals surface area contributed by atoms with E-state index in [1.807, 2.05) is 0 Å². The second-order valence-electron chi connectivity index (χ2n) is 3.85. The van der Waals surface area contributed by atoms with Crippen LogP contribution in [-0.4, -0.2) is 16.0 Å². The maximum absolute atomic E-state index is 11.8. The maximum Gasteiger partial charge on any atom is 0.253 e. The highest BCUT2D eigenvalue weighted by Gasteiger charge is 2.08. The predicted molar refractivity (Wildman–Crippen MR) is 73.5 cm³/mol. The van der Waals surface area contributed by atoms with Gasteiger partial charge in [0.2, 0.25) is 0 Å². The van der Waals surface area contributed by atoms with Crippen LogP contribution in [0.4, 0.5) is 0 Å². The normalized spacial score (nSPS) is 10.2. The summed E-state index contributed by atoms with van der Waals surface area (Å²) in [7, 11) is 0. The zero-order valence-electron chi connectivity index (χ0n) is 9.73. The molecule has 0 fully saturated rings. The van der Waals surface area contributed by atoms with Crippen LogP contribution >= 0.6 is 23.2 Å². The highest BCUT2D eigenvalue weighted by atomic mass is 35.5. The Morgan fingerprint density at radius 2 is 1.95 bits per heavy atom. The van der Waals surface area contributed by atoms with Gasteiger partial charge in [-0.15, -0.1) is 0 Å². The predicted octanol–water partition coefficient (Wildman–Crippen LogP) is 3.02. The minimum absolute atomic E-state index is 0.164. The van der Waals surface area contributed by atoms with E-state index in [9.17, 15) is 4.79 Å². The summed E-state index contributed by atoms with van der Waals surface area (Å²) in [6.07, 6.45) is 1.36. The molecule has 0 aliphatic heterocycles. The molecule has 0 spiro atoms. The van der Waals surface area contributed by atoms with Crippen LogP contribution in [-0.2, 0) is 6.54 Å². The van der Waals surface area contributed by atoms with Crippen molar-refractivity contribution in [2.45, 2.75) is 6.54 Å². The molecule has 0 saturated carbocycles. The molecule has 0 radical (unpaired) electrons. The van der Waals surface area contributed by atoms with Crippen molar-refractivity contribution in [2.75, 3.05) is 0 Å². The highest BCUT2D eigenvalue weighted by Crippen LogP contribution is 2.19. The molecule has 2 rings (SSSR count). The quantitative estimate of drug-likeness (QED) is 0.856. The van der Waals surface area contributed by atoms with Crippen molar-refractivity contribution in [3.05, 3.63) is 57.8 Å². The summed E-state index contributed by atoms with van der Waals surface area (Å²) in [5.74, 6) is -0.108. The van der Waals surface area contributed by atoms with Crippen molar-refractivity contribution in [1.29, 1.82) is 0 Å². The number of aromatic hydroxyl groups is 1. The summed E-state index contributed by atoms with van der Waals surface area (Å²) in [5.41, 5.74) is 1.22. The number of carbonyl (C=O) groups excluding carboxylic acids is 1. The fraction of sp³-hybridized carbons (Fsp3) is 0.0769. The SMILES string of the molecule is O=C(NCc1ccc(O)cc1)c1cnc(Cl)c(Cl)c1. The number of hydrogen-bond acceptors (Lipinski definition) is 3. The molecule has 2 N–H and O–H groups in total. The Kier molecular flexibility index (Phi) is 4.24. The molecule has 6 heteroatoms. The number of phenols is 1. The van der Waals surface area contributed by atoms with Gasteiger partial charge in [-0.05, 0) is 23.8 Å². The number of halogens is 2. The molecule has 0 bridgehead atoms. The van der Waals surface area contributed by atoms with Crippen molar-refractivity contribution >= 4 is 29.1 Å². The fourth-order valence-corrected chi connectivity index (χ4v) is 1.71. The number of phenolic OH excluding ortho intramolecular Hbond substituents is 1. The molecular weight excluding hydrogens is 287 g/mol. The Hall–Kier alpha value is -1.78. The Morgan fingerprint density at radius 3 is 2.58 bits per heavy atom. The standard InChI is InChI=1S/C13H10Cl2N2O2/c14-11-5-9(7-16-12(11)15)13(19)17-6-8-1-3-10(18)4-2-8/h1-5,7,18H,6H2,(H,17,19). The molecule has 0 aliphatic rings. The van der Waals surface area contributed by atoms with Crippen LogP contribution in [0.15, 0.2) is 36.5 Å². The molecule has 0 aliphatic carbocycles. The number of benzene rings is 1. The first-order valence-electron chi connectivity index (χ1n) is 5.43. The third kappa shape index (κ3) is 3.59. The summed E-state index contributed by atoms with van der Waals surface area (Å²) in [6.45, 7) is 0.347. The highest BCUT2D eigenvalue weighted by molar-refractivity contribution is 6.41. The molecule has 4 nitrogen and oxygen atoms in total. The van der Waals surface area contributed by atoms with Gasteiger partial charge in [0, 0.05) is 12.7 Å². The molecule has 1 aromatic heterocycles. The minimum Gasteiger partial charge on any atom is -0.508 e. The summed E-state index contributed by atoms with van der Waals surface area (Å²) in [4.78, 5) is 15.7. The topological polar surface area (TPSA) is 62.2 Å². The van der Waals surface area contributed by atoms with Crippen molar-refractivity contribution < 1.29 is 9.90 Å². The van der Waals surface area contributed by atoms with Gasteiger partial charge in [0.15, 0.2) is 0 Å². The maximum atomic E-state index is 11.8. The number of pyridine rings is 1.